The van der Waals surface area contributed by atoms with Crippen LogP contribution >= 0.6 is 0 Å². The fourth-order valence-corrected chi connectivity index (χ4v) is 6.23. The predicted octanol–water partition coefficient (Wildman–Crippen LogP) is 2.77. The van der Waals surface area contributed by atoms with Crippen LogP contribution in [0.5, 0.6) is 0 Å². The van der Waals surface area contributed by atoms with Gasteiger partial charge in [0.25, 0.3) is 0 Å². The molecule has 2 fully saturated rings. The normalized spacial score (nSPS) is 16.6. The van der Waals surface area contributed by atoms with Gasteiger partial charge in [-0.15, -0.1) is 0 Å². The first-order chi connectivity index (χ1) is 27.7. The minimum absolute atomic E-state index is 0.0778. The standard InChI is InChI=1S/C40H61N9O10/c1-10-56-33(52)29-25-43-35(44-26-29)47-14-12-46(13-15-47)18-20-55-19-11-31(50)49-17-16-48(27-30(49)34(53)58-39(5,6)7)36-41-22-28(23-42-36)24-45-37(54)59-40(8,9)21-32(51)57-38(2,3)4/h22-23,25-26,30H,10-21,24,27H2,1-9H3,(H,45,54)/t30-/m1/s1. The summed E-state index contributed by atoms with van der Waals surface area (Å²) in [6, 6.07) is -0.888. The third-order valence-corrected chi connectivity index (χ3v) is 8.97. The molecule has 59 heavy (non-hydrogen) atoms. The van der Waals surface area contributed by atoms with E-state index in [1.54, 1.807) is 79.6 Å². The van der Waals surface area contributed by atoms with Crippen molar-refractivity contribution in [1.82, 2.24) is 35.1 Å². The Morgan fingerprint density at radius 2 is 1.34 bits per heavy atom. The van der Waals surface area contributed by atoms with Gasteiger partial charge in [0.2, 0.25) is 17.8 Å². The molecule has 326 valence electrons. The number of ether oxygens (including phenoxy) is 5. The van der Waals surface area contributed by atoms with Crippen LogP contribution in [0.4, 0.5) is 16.7 Å². The Morgan fingerprint density at radius 1 is 0.746 bits per heavy atom. The minimum atomic E-state index is -1.09. The predicted molar refractivity (Wildman–Crippen MR) is 216 cm³/mol. The van der Waals surface area contributed by atoms with Gasteiger partial charge in [-0.1, -0.05) is 0 Å². The van der Waals surface area contributed by atoms with Crippen LogP contribution in [0.3, 0.4) is 0 Å². The number of nitrogens with zero attached hydrogens (tertiary/aromatic N) is 8. The van der Waals surface area contributed by atoms with E-state index in [9.17, 15) is 24.0 Å². The van der Waals surface area contributed by atoms with E-state index in [-0.39, 0.29) is 51.6 Å². The Morgan fingerprint density at radius 3 is 1.95 bits per heavy atom. The summed E-state index contributed by atoms with van der Waals surface area (Å²) in [5, 5.41) is 2.65. The number of hydrogen-bond donors (Lipinski definition) is 1. The van der Waals surface area contributed by atoms with Crippen LogP contribution in [0.15, 0.2) is 24.8 Å². The van der Waals surface area contributed by atoms with Crippen molar-refractivity contribution in [1.29, 1.82) is 0 Å². The summed E-state index contributed by atoms with van der Waals surface area (Å²) in [6.45, 7) is 21.1. The van der Waals surface area contributed by atoms with E-state index in [0.717, 1.165) is 26.2 Å². The molecule has 4 rings (SSSR count). The number of anilines is 2. The van der Waals surface area contributed by atoms with E-state index in [2.05, 4.69) is 35.1 Å². The molecule has 2 aromatic heterocycles. The Balaban J connectivity index is 1.22. The summed E-state index contributed by atoms with van der Waals surface area (Å²) in [5.41, 5.74) is -1.58. The molecule has 0 aromatic carbocycles. The highest BCUT2D eigenvalue weighted by atomic mass is 16.6. The van der Waals surface area contributed by atoms with Gasteiger partial charge in [-0.2, -0.15) is 0 Å². The lowest BCUT2D eigenvalue weighted by Gasteiger charge is -2.41. The van der Waals surface area contributed by atoms with Crippen molar-refractivity contribution in [2.45, 2.75) is 105 Å². The second kappa shape index (κ2) is 20.7. The summed E-state index contributed by atoms with van der Waals surface area (Å²) in [6.07, 6.45) is 5.37. The highest BCUT2D eigenvalue weighted by molar-refractivity contribution is 5.88. The van der Waals surface area contributed by atoms with Crippen molar-refractivity contribution in [2.24, 2.45) is 0 Å². The minimum Gasteiger partial charge on any atom is -0.462 e. The quantitative estimate of drug-likeness (QED) is 0.147. The Bertz CT molecular complexity index is 1720. The van der Waals surface area contributed by atoms with Gasteiger partial charge in [0.1, 0.15) is 22.8 Å². The maximum Gasteiger partial charge on any atom is 0.407 e. The number of nitrogens with one attached hydrogen (secondary N) is 1. The summed E-state index contributed by atoms with van der Waals surface area (Å²) >= 11 is 0. The average molecular weight is 828 g/mol. The van der Waals surface area contributed by atoms with Crippen LogP contribution < -0.4 is 15.1 Å². The zero-order valence-electron chi connectivity index (χ0n) is 35.9. The number of alkyl carbamates (subject to hydrolysis) is 1. The molecule has 1 N–H and O–H groups in total. The van der Waals surface area contributed by atoms with Crippen LogP contribution in [0, 0.1) is 0 Å². The Labute approximate surface area is 346 Å². The van der Waals surface area contributed by atoms with Gasteiger partial charge in [0.05, 0.1) is 44.8 Å². The maximum atomic E-state index is 13.5. The molecule has 2 aliphatic heterocycles. The van der Waals surface area contributed by atoms with E-state index in [4.69, 9.17) is 23.7 Å². The number of esters is 3. The highest BCUT2D eigenvalue weighted by Crippen LogP contribution is 2.21. The first-order valence-corrected chi connectivity index (χ1v) is 20.0. The lowest BCUT2D eigenvalue weighted by Crippen LogP contribution is -2.59. The molecule has 2 saturated heterocycles. The van der Waals surface area contributed by atoms with Crippen LogP contribution in [0.1, 0.15) is 91.1 Å². The van der Waals surface area contributed by atoms with Crippen molar-refractivity contribution in [3.8, 4) is 0 Å². The van der Waals surface area contributed by atoms with E-state index in [0.29, 0.717) is 42.7 Å². The van der Waals surface area contributed by atoms with Crippen molar-refractivity contribution in [2.75, 3.05) is 82.0 Å². The smallest absolute Gasteiger partial charge is 0.407 e. The van der Waals surface area contributed by atoms with Gasteiger partial charge in [-0.3, -0.25) is 14.5 Å². The first kappa shape index (κ1) is 46.5. The number of carbonyl (C=O) groups is 5. The van der Waals surface area contributed by atoms with E-state index in [1.165, 1.54) is 12.4 Å². The molecule has 2 aliphatic rings. The molecule has 0 aliphatic carbocycles. The number of aromatic nitrogens is 4. The third kappa shape index (κ3) is 15.5. The molecule has 0 unspecified atom stereocenters. The molecule has 0 radical (unpaired) electrons. The molecule has 2 aromatic rings. The fraction of sp³-hybridized carbons (Fsp3) is 0.675. The van der Waals surface area contributed by atoms with Crippen LogP contribution in [-0.2, 0) is 44.6 Å². The van der Waals surface area contributed by atoms with Crippen molar-refractivity contribution in [3.05, 3.63) is 35.9 Å². The van der Waals surface area contributed by atoms with Gasteiger partial charge >= 0.3 is 24.0 Å². The summed E-state index contributed by atoms with van der Waals surface area (Å²) in [5.74, 6) is -0.736. The van der Waals surface area contributed by atoms with Gasteiger partial charge in [-0.25, -0.2) is 34.3 Å². The van der Waals surface area contributed by atoms with E-state index in [1.807, 2.05) is 4.90 Å². The lowest BCUT2D eigenvalue weighted by atomic mass is 10.1. The molecule has 0 bridgehead atoms. The van der Waals surface area contributed by atoms with Crippen molar-refractivity contribution in [3.63, 3.8) is 0 Å². The molecule has 0 saturated carbocycles. The van der Waals surface area contributed by atoms with Crippen LogP contribution in [-0.4, -0.2) is 155 Å². The molecule has 0 spiro atoms. The van der Waals surface area contributed by atoms with Crippen LogP contribution in [0.2, 0.25) is 0 Å². The molecule has 2 amide bonds. The number of hydrogen-bond acceptors (Lipinski definition) is 17. The number of piperazine rings is 2. The zero-order valence-corrected chi connectivity index (χ0v) is 35.9. The molecular formula is C40H61N9O10. The number of amides is 2. The Kier molecular flexibility index (Phi) is 16.3. The number of carbonyl (C=O) groups excluding carboxylic acids is 5. The Hall–Kier alpha value is -5.17. The van der Waals surface area contributed by atoms with Crippen molar-refractivity contribution >= 4 is 41.8 Å². The lowest BCUT2D eigenvalue weighted by molar-refractivity contribution is -0.165. The first-order valence-electron chi connectivity index (χ1n) is 20.0. The maximum absolute atomic E-state index is 13.5. The summed E-state index contributed by atoms with van der Waals surface area (Å²) in [4.78, 5) is 88.8. The highest BCUT2D eigenvalue weighted by Gasteiger charge is 2.38. The largest absolute Gasteiger partial charge is 0.462 e. The second-order valence-electron chi connectivity index (χ2n) is 16.9. The topological polar surface area (TPSA) is 208 Å². The SMILES string of the molecule is CCOC(=O)c1cnc(N2CCN(CCOCCC(=O)N3CCN(c4ncc(CNC(=O)OC(C)(C)CC(=O)OC(C)(C)C)cn4)C[C@@H]3C(=O)OC(C)(C)C)CC2)nc1. The van der Waals surface area contributed by atoms with Gasteiger partial charge < -0.3 is 43.7 Å². The second-order valence-corrected chi connectivity index (χ2v) is 16.9. The molecule has 4 heterocycles. The van der Waals surface area contributed by atoms with E-state index < -0.39 is 46.8 Å². The number of rotatable bonds is 16. The summed E-state index contributed by atoms with van der Waals surface area (Å²) in [7, 11) is 0. The fourth-order valence-electron chi connectivity index (χ4n) is 6.23. The van der Waals surface area contributed by atoms with Gasteiger partial charge in [0, 0.05) is 82.7 Å². The van der Waals surface area contributed by atoms with Gasteiger partial charge in [-0.05, 0) is 62.3 Å². The van der Waals surface area contributed by atoms with Gasteiger partial charge in [0.15, 0.2) is 0 Å². The molecule has 19 heteroatoms. The van der Waals surface area contributed by atoms with Crippen LogP contribution in [0.25, 0.3) is 0 Å². The molecule has 1 atom stereocenters. The average Bonchev–Trinajstić information content (AvgIpc) is 3.15. The monoisotopic (exact) mass is 827 g/mol. The summed E-state index contributed by atoms with van der Waals surface area (Å²) < 4.78 is 27.4. The zero-order chi connectivity index (χ0) is 43.4. The van der Waals surface area contributed by atoms with Crippen molar-refractivity contribution < 1.29 is 47.7 Å². The molecular weight excluding hydrogens is 766 g/mol. The third-order valence-electron chi connectivity index (χ3n) is 8.97. The molecule has 19 nitrogen and oxygen atoms in total. The van der Waals surface area contributed by atoms with E-state index >= 15 is 0 Å².